The summed E-state index contributed by atoms with van der Waals surface area (Å²) in [4.78, 5) is 27.4. The summed E-state index contributed by atoms with van der Waals surface area (Å²) in [6, 6.07) is 0.192. The van der Waals surface area contributed by atoms with Crippen LogP contribution in [0.4, 0.5) is 0 Å². The molecular weight excluding hydrogens is 542 g/mol. The maximum atomic E-state index is 12.8. The summed E-state index contributed by atoms with van der Waals surface area (Å²) < 4.78 is 18.9. The summed E-state index contributed by atoms with van der Waals surface area (Å²) >= 11 is 0. The Morgan fingerprint density at radius 1 is 0.884 bits per heavy atom. The lowest BCUT2D eigenvalue weighted by atomic mass is 9.44. The minimum Gasteiger partial charge on any atom is -0.379 e. The fourth-order valence-corrected chi connectivity index (χ4v) is 11.9. The van der Waals surface area contributed by atoms with E-state index in [1.165, 1.54) is 44.9 Å². The molecule has 0 bridgehead atoms. The van der Waals surface area contributed by atoms with E-state index < -0.39 is 0 Å². The Morgan fingerprint density at radius 3 is 2.44 bits per heavy atom. The van der Waals surface area contributed by atoms with E-state index in [2.05, 4.69) is 43.2 Å². The molecular formula is C35H57N3O5. The summed E-state index contributed by atoms with van der Waals surface area (Å²) in [5.74, 6) is 4.08. The van der Waals surface area contributed by atoms with Gasteiger partial charge in [0.05, 0.1) is 32.6 Å². The van der Waals surface area contributed by atoms with Gasteiger partial charge in [-0.3, -0.25) is 14.5 Å². The van der Waals surface area contributed by atoms with Crippen molar-refractivity contribution in [3.05, 3.63) is 0 Å². The van der Waals surface area contributed by atoms with Gasteiger partial charge in [-0.2, -0.15) is 0 Å². The number of nitrogens with one attached hydrogen (secondary N) is 2. The molecule has 0 radical (unpaired) electrons. The quantitative estimate of drug-likeness (QED) is 0.445. The van der Waals surface area contributed by atoms with E-state index in [4.69, 9.17) is 14.2 Å². The molecule has 2 N–H and O–H groups in total. The Morgan fingerprint density at radius 2 is 1.67 bits per heavy atom. The fraction of sp³-hybridized carbons (Fsp3) is 0.943. The Hall–Kier alpha value is -1.22. The predicted molar refractivity (Wildman–Crippen MR) is 164 cm³/mol. The molecule has 7 aliphatic rings. The second kappa shape index (κ2) is 11.5. The van der Waals surface area contributed by atoms with Crippen LogP contribution >= 0.6 is 0 Å². The zero-order valence-electron chi connectivity index (χ0n) is 27.2. The van der Waals surface area contributed by atoms with Crippen molar-refractivity contribution in [2.45, 2.75) is 116 Å². The molecule has 7 rings (SSSR count). The molecule has 4 saturated carbocycles. The van der Waals surface area contributed by atoms with Gasteiger partial charge in [0, 0.05) is 31.5 Å². The number of hydrogen-bond acceptors (Lipinski definition) is 6. The maximum Gasteiger partial charge on any atom is 0.230 e. The van der Waals surface area contributed by atoms with E-state index in [1.807, 2.05) is 0 Å². The van der Waals surface area contributed by atoms with Gasteiger partial charge in [-0.05, 0) is 104 Å². The first-order valence-electron chi connectivity index (χ1n) is 17.8. The van der Waals surface area contributed by atoms with E-state index in [-0.39, 0.29) is 30.1 Å². The van der Waals surface area contributed by atoms with Gasteiger partial charge >= 0.3 is 0 Å². The number of carbonyl (C=O) groups is 2. The molecule has 8 heteroatoms. The van der Waals surface area contributed by atoms with Crippen molar-refractivity contribution >= 4 is 11.8 Å². The molecule has 7 fully saturated rings. The predicted octanol–water partition coefficient (Wildman–Crippen LogP) is 4.71. The number of morpholine rings is 1. The van der Waals surface area contributed by atoms with E-state index in [1.54, 1.807) is 0 Å². The van der Waals surface area contributed by atoms with Crippen LogP contribution in [0.2, 0.25) is 0 Å². The van der Waals surface area contributed by atoms with Crippen molar-refractivity contribution < 1.29 is 23.8 Å². The lowest BCUT2D eigenvalue weighted by Gasteiger charge is -2.61. The Balaban J connectivity index is 0.940. The minimum atomic E-state index is -0.331. The highest BCUT2D eigenvalue weighted by Crippen LogP contribution is 2.71. The normalized spacial score (nSPS) is 49.4. The van der Waals surface area contributed by atoms with Crippen LogP contribution in [-0.4, -0.2) is 74.2 Å². The van der Waals surface area contributed by atoms with Gasteiger partial charge in [0.1, 0.15) is 6.42 Å². The van der Waals surface area contributed by atoms with Gasteiger partial charge < -0.3 is 24.8 Å². The monoisotopic (exact) mass is 599 g/mol. The maximum absolute atomic E-state index is 12.8. The van der Waals surface area contributed by atoms with E-state index in [9.17, 15) is 9.59 Å². The van der Waals surface area contributed by atoms with Crippen molar-refractivity contribution in [1.82, 2.24) is 15.5 Å². The first kappa shape index (κ1) is 30.4. The molecule has 0 aromatic carbocycles. The van der Waals surface area contributed by atoms with Crippen LogP contribution in [0.3, 0.4) is 0 Å². The number of fused-ring (bicyclic) bond motifs is 7. The highest BCUT2D eigenvalue weighted by Gasteiger charge is 2.69. The van der Waals surface area contributed by atoms with Gasteiger partial charge in [0.25, 0.3) is 0 Å². The second-order valence-electron chi connectivity index (χ2n) is 16.4. The molecule has 3 aliphatic heterocycles. The first-order valence-corrected chi connectivity index (χ1v) is 17.8. The highest BCUT2D eigenvalue weighted by atomic mass is 16.7. The molecule has 3 saturated heterocycles. The number of rotatable bonds is 5. The third-order valence-electron chi connectivity index (χ3n) is 14.2. The summed E-state index contributed by atoms with van der Waals surface area (Å²) in [7, 11) is 0. The lowest BCUT2D eigenvalue weighted by Crippen LogP contribution is -2.56. The Kier molecular flexibility index (Phi) is 8.17. The molecule has 1 spiro atoms. The third kappa shape index (κ3) is 5.28. The van der Waals surface area contributed by atoms with Crippen LogP contribution in [0.15, 0.2) is 0 Å². The van der Waals surface area contributed by atoms with Crippen molar-refractivity contribution in [2.24, 2.45) is 52.3 Å². The Bertz CT molecular complexity index is 1060. The van der Waals surface area contributed by atoms with Gasteiger partial charge in [-0.25, -0.2) is 0 Å². The zero-order chi connectivity index (χ0) is 30.0. The van der Waals surface area contributed by atoms with Crippen molar-refractivity contribution in [1.29, 1.82) is 0 Å². The van der Waals surface area contributed by atoms with Crippen LogP contribution in [0, 0.1) is 52.3 Å². The lowest BCUT2D eigenvalue weighted by molar-refractivity contribution is -0.273. The molecule has 8 nitrogen and oxygen atoms in total. The number of carbonyl (C=O) groups excluding carboxylic acids is 2. The molecule has 12 atom stereocenters. The topological polar surface area (TPSA) is 89.1 Å². The molecule has 2 amide bonds. The molecule has 242 valence electrons. The number of amides is 2. The van der Waals surface area contributed by atoms with Crippen molar-refractivity contribution in [3.63, 3.8) is 0 Å². The van der Waals surface area contributed by atoms with E-state index in [0.29, 0.717) is 60.5 Å². The average Bonchev–Trinajstić information content (AvgIpc) is 3.44. The number of hydrogen-bond donors (Lipinski definition) is 2. The molecule has 4 aliphatic carbocycles. The molecule has 0 aromatic heterocycles. The molecule has 43 heavy (non-hydrogen) atoms. The second-order valence-corrected chi connectivity index (χ2v) is 16.4. The van der Waals surface area contributed by atoms with Crippen LogP contribution < -0.4 is 10.6 Å². The highest BCUT2D eigenvalue weighted by molar-refractivity contribution is 5.96. The number of ether oxygens (including phenoxy) is 3. The number of nitrogens with zero attached hydrogens (tertiary/aromatic N) is 1. The standard InChI is InChI=1S/C35H57N3O5/c1-22-7-12-35(42-20-22)23(2)32-29(43-35)18-28-26-6-5-24-17-25(8-10-33(24,3)27(26)9-11-34(28,32)4)37-31(40)19-30(39)36-21-38-13-15-41-16-14-38/h22-29,32H,5-21H2,1-4H3,(H,36,39)(H,37,40)/t22-,23-,24+,25-,26+,27-,28-,29-,32-,33-,34-,35+/m0/s1. The van der Waals surface area contributed by atoms with Crippen molar-refractivity contribution in [3.8, 4) is 0 Å². The summed E-state index contributed by atoms with van der Waals surface area (Å²) in [6.07, 6.45) is 12.3. The van der Waals surface area contributed by atoms with Crippen molar-refractivity contribution in [2.75, 3.05) is 39.6 Å². The van der Waals surface area contributed by atoms with Crippen LogP contribution in [-0.2, 0) is 23.8 Å². The van der Waals surface area contributed by atoms with Gasteiger partial charge in [-0.1, -0.05) is 27.7 Å². The van der Waals surface area contributed by atoms with Crippen LogP contribution in [0.25, 0.3) is 0 Å². The fourth-order valence-electron chi connectivity index (χ4n) is 11.9. The third-order valence-corrected chi connectivity index (χ3v) is 14.2. The largest absolute Gasteiger partial charge is 0.379 e. The summed E-state index contributed by atoms with van der Waals surface area (Å²) in [6.45, 7) is 14.3. The first-order chi connectivity index (χ1) is 20.6. The summed E-state index contributed by atoms with van der Waals surface area (Å²) in [5, 5.41) is 6.17. The summed E-state index contributed by atoms with van der Waals surface area (Å²) in [5.41, 5.74) is 0.715. The smallest absolute Gasteiger partial charge is 0.230 e. The van der Waals surface area contributed by atoms with Crippen LogP contribution in [0.5, 0.6) is 0 Å². The minimum absolute atomic E-state index is 0.0814. The van der Waals surface area contributed by atoms with E-state index in [0.717, 1.165) is 56.7 Å². The van der Waals surface area contributed by atoms with Crippen LogP contribution in [0.1, 0.15) is 98.3 Å². The average molecular weight is 600 g/mol. The zero-order valence-corrected chi connectivity index (χ0v) is 27.2. The SMILES string of the molecule is C[C@H]1CC[C@@]2(OC1)O[C@H]1C[C@H]3[C@@H]4CC[C@@H]5C[C@@H](NC(=O)CC(=O)NCN6CCOCC6)CC[C@]5(C)[C@H]4CC[C@]3(C)[C@H]1[C@@H]2C. The van der Waals surface area contributed by atoms with Gasteiger partial charge in [0.2, 0.25) is 11.8 Å². The van der Waals surface area contributed by atoms with Gasteiger partial charge in [0.15, 0.2) is 5.79 Å². The molecule has 3 heterocycles. The van der Waals surface area contributed by atoms with Gasteiger partial charge in [-0.15, -0.1) is 0 Å². The molecule has 0 unspecified atom stereocenters. The Labute approximate surface area is 259 Å². The molecule has 0 aromatic rings. The van der Waals surface area contributed by atoms with E-state index >= 15 is 0 Å².